The van der Waals surface area contributed by atoms with E-state index in [-0.39, 0.29) is 22.5 Å². The predicted octanol–water partition coefficient (Wildman–Crippen LogP) is 4.12. The Hall–Kier alpha value is -2.11. The minimum Gasteiger partial charge on any atom is -0.325 e. The normalized spacial score (nSPS) is 10.3. The van der Waals surface area contributed by atoms with E-state index in [0.29, 0.717) is 11.4 Å². The summed E-state index contributed by atoms with van der Waals surface area (Å²) in [5.74, 6) is -1.20. The lowest BCUT2D eigenvalue weighted by molar-refractivity contribution is -0.120. The van der Waals surface area contributed by atoms with Crippen LogP contribution in [-0.2, 0) is 9.59 Å². The number of hydrogen-bond donors (Lipinski definition) is 1. The van der Waals surface area contributed by atoms with Crippen LogP contribution >= 0.6 is 23.2 Å². The summed E-state index contributed by atoms with van der Waals surface area (Å²) in [5, 5.41) is 3.06. The Morgan fingerprint density at radius 3 is 2.39 bits per heavy atom. The highest BCUT2D eigenvalue weighted by molar-refractivity contribution is 6.44. The molecular formula is C16H13Cl2FN2O2. The minimum absolute atomic E-state index is 0.193. The maximum Gasteiger partial charge on any atom is 0.244 e. The molecule has 120 valence electrons. The predicted molar refractivity (Wildman–Crippen MR) is 89.5 cm³/mol. The van der Waals surface area contributed by atoms with Gasteiger partial charge >= 0.3 is 0 Å². The Kier molecular flexibility index (Phi) is 5.58. The topological polar surface area (TPSA) is 49.4 Å². The summed E-state index contributed by atoms with van der Waals surface area (Å²) in [7, 11) is 0. The highest BCUT2D eigenvalue weighted by Gasteiger charge is 2.19. The van der Waals surface area contributed by atoms with Gasteiger partial charge in [0.15, 0.2) is 0 Å². The molecule has 0 saturated heterocycles. The van der Waals surface area contributed by atoms with Crippen LogP contribution in [0.3, 0.4) is 0 Å². The molecule has 2 aromatic rings. The lowest BCUT2D eigenvalue weighted by Gasteiger charge is -2.22. The van der Waals surface area contributed by atoms with E-state index in [1.165, 1.54) is 36.1 Å². The number of hydrogen-bond acceptors (Lipinski definition) is 2. The first-order valence-electron chi connectivity index (χ1n) is 6.66. The maximum absolute atomic E-state index is 12.9. The van der Waals surface area contributed by atoms with Crippen LogP contribution in [0.4, 0.5) is 15.8 Å². The molecule has 23 heavy (non-hydrogen) atoms. The van der Waals surface area contributed by atoms with Crippen molar-refractivity contribution in [2.45, 2.75) is 6.92 Å². The van der Waals surface area contributed by atoms with E-state index in [1.807, 2.05) is 0 Å². The van der Waals surface area contributed by atoms with E-state index in [2.05, 4.69) is 5.32 Å². The van der Waals surface area contributed by atoms with E-state index >= 15 is 0 Å². The number of nitrogens with zero attached hydrogens (tertiary/aromatic N) is 1. The Morgan fingerprint density at radius 2 is 1.78 bits per heavy atom. The molecule has 0 bridgehead atoms. The van der Waals surface area contributed by atoms with Gasteiger partial charge in [-0.2, -0.15) is 0 Å². The number of halogens is 3. The largest absolute Gasteiger partial charge is 0.325 e. The van der Waals surface area contributed by atoms with Crippen molar-refractivity contribution >= 4 is 46.4 Å². The first-order chi connectivity index (χ1) is 10.9. The summed E-state index contributed by atoms with van der Waals surface area (Å²) in [4.78, 5) is 25.2. The van der Waals surface area contributed by atoms with Crippen molar-refractivity contribution in [3.63, 3.8) is 0 Å². The zero-order valence-corrected chi connectivity index (χ0v) is 13.7. The fourth-order valence-corrected chi connectivity index (χ4v) is 2.34. The third kappa shape index (κ3) is 4.43. The van der Waals surface area contributed by atoms with Crippen LogP contribution in [0.1, 0.15) is 6.92 Å². The lowest BCUT2D eigenvalue weighted by atomic mass is 10.2. The highest BCUT2D eigenvalue weighted by Crippen LogP contribution is 2.32. The van der Waals surface area contributed by atoms with Crippen molar-refractivity contribution in [3.8, 4) is 0 Å². The number of amides is 2. The fraction of sp³-hybridized carbons (Fsp3) is 0.125. The van der Waals surface area contributed by atoms with Crippen LogP contribution in [0.2, 0.25) is 10.0 Å². The molecule has 0 heterocycles. The summed E-state index contributed by atoms with van der Waals surface area (Å²) in [6.07, 6.45) is 0. The van der Waals surface area contributed by atoms with E-state index in [9.17, 15) is 14.0 Å². The van der Waals surface area contributed by atoms with Gasteiger partial charge in [-0.3, -0.25) is 9.59 Å². The van der Waals surface area contributed by atoms with E-state index in [0.717, 1.165) is 0 Å². The van der Waals surface area contributed by atoms with Crippen LogP contribution in [0.5, 0.6) is 0 Å². The molecule has 1 N–H and O–H groups in total. The van der Waals surface area contributed by atoms with Gasteiger partial charge in [-0.15, -0.1) is 0 Å². The SMILES string of the molecule is CC(=O)N(CC(=O)Nc1ccc(F)cc1)c1cccc(Cl)c1Cl. The minimum atomic E-state index is -0.442. The second kappa shape index (κ2) is 7.44. The van der Waals surface area contributed by atoms with Crippen LogP contribution in [0.25, 0.3) is 0 Å². The quantitative estimate of drug-likeness (QED) is 0.897. The van der Waals surface area contributed by atoms with Gasteiger partial charge in [0, 0.05) is 12.6 Å². The van der Waals surface area contributed by atoms with Gasteiger partial charge in [0.05, 0.1) is 15.7 Å². The standard InChI is InChI=1S/C16H13Cl2FN2O2/c1-10(22)21(14-4-2-3-13(17)16(14)18)9-15(23)20-12-7-5-11(19)6-8-12/h2-8H,9H2,1H3,(H,20,23). The van der Waals surface area contributed by atoms with Crippen molar-refractivity contribution in [1.29, 1.82) is 0 Å². The van der Waals surface area contributed by atoms with E-state index in [4.69, 9.17) is 23.2 Å². The molecule has 0 unspecified atom stereocenters. The summed E-state index contributed by atoms with van der Waals surface area (Å²) in [5.41, 5.74) is 0.776. The number of carbonyl (C=O) groups excluding carboxylic acids is 2. The number of benzene rings is 2. The molecule has 0 radical (unpaired) electrons. The van der Waals surface area contributed by atoms with Crippen molar-refractivity contribution in [1.82, 2.24) is 0 Å². The molecule has 4 nitrogen and oxygen atoms in total. The second-order valence-corrected chi connectivity index (χ2v) is 5.52. The molecule has 2 amide bonds. The van der Waals surface area contributed by atoms with Gasteiger partial charge < -0.3 is 10.2 Å². The molecule has 2 aromatic carbocycles. The van der Waals surface area contributed by atoms with Crippen molar-refractivity contribution in [2.24, 2.45) is 0 Å². The average Bonchev–Trinajstić information content (AvgIpc) is 2.50. The Bertz CT molecular complexity index is 735. The van der Waals surface area contributed by atoms with E-state index in [1.54, 1.807) is 18.2 Å². The van der Waals surface area contributed by atoms with Crippen molar-refractivity contribution < 1.29 is 14.0 Å². The zero-order valence-electron chi connectivity index (χ0n) is 12.1. The Morgan fingerprint density at radius 1 is 1.13 bits per heavy atom. The Labute approximate surface area is 142 Å². The molecule has 0 spiro atoms. The molecule has 0 saturated carbocycles. The van der Waals surface area contributed by atoms with Crippen LogP contribution in [0.15, 0.2) is 42.5 Å². The van der Waals surface area contributed by atoms with Gasteiger partial charge in [-0.25, -0.2) is 4.39 Å². The van der Waals surface area contributed by atoms with E-state index < -0.39 is 11.7 Å². The monoisotopic (exact) mass is 354 g/mol. The first-order valence-corrected chi connectivity index (χ1v) is 7.41. The van der Waals surface area contributed by atoms with Gasteiger partial charge in [0.25, 0.3) is 0 Å². The number of carbonyl (C=O) groups is 2. The molecule has 0 aliphatic heterocycles. The smallest absolute Gasteiger partial charge is 0.244 e. The van der Waals surface area contributed by atoms with Gasteiger partial charge in [-0.05, 0) is 36.4 Å². The maximum atomic E-state index is 12.9. The number of rotatable bonds is 4. The second-order valence-electron chi connectivity index (χ2n) is 4.73. The number of anilines is 2. The van der Waals surface area contributed by atoms with Crippen LogP contribution in [-0.4, -0.2) is 18.4 Å². The molecule has 2 rings (SSSR count). The van der Waals surface area contributed by atoms with Crippen molar-refractivity contribution in [3.05, 3.63) is 58.3 Å². The lowest BCUT2D eigenvalue weighted by Crippen LogP contribution is -2.36. The van der Waals surface area contributed by atoms with Crippen molar-refractivity contribution in [2.75, 3.05) is 16.8 Å². The van der Waals surface area contributed by atoms with Gasteiger partial charge in [0.2, 0.25) is 11.8 Å². The summed E-state index contributed by atoms with van der Waals surface area (Å²) < 4.78 is 12.9. The van der Waals surface area contributed by atoms with Crippen LogP contribution in [0, 0.1) is 5.82 Å². The Balaban J connectivity index is 2.16. The van der Waals surface area contributed by atoms with Gasteiger partial charge in [0.1, 0.15) is 12.4 Å². The average molecular weight is 355 g/mol. The molecule has 0 aromatic heterocycles. The summed E-state index contributed by atoms with van der Waals surface area (Å²) >= 11 is 12.0. The fourth-order valence-electron chi connectivity index (χ4n) is 1.94. The first kappa shape index (κ1) is 17.2. The molecule has 0 fully saturated rings. The molecular weight excluding hydrogens is 342 g/mol. The summed E-state index contributed by atoms with van der Waals surface area (Å²) in [6, 6.07) is 10.1. The third-order valence-electron chi connectivity index (χ3n) is 3.03. The third-order valence-corrected chi connectivity index (χ3v) is 3.84. The number of nitrogens with one attached hydrogen (secondary N) is 1. The zero-order chi connectivity index (χ0) is 17.0. The highest BCUT2D eigenvalue weighted by atomic mass is 35.5. The summed E-state index contributed by atoms with van der Waals surface area (Å²) in [6.45, 7) is 1.08. The molecule has 0 aliphatic rings. The molecule has 7 heteroatoms. The molecule has 0 aliphatic carbocycles. The van der Waals surface area contributed by atoms with Gasteiger partial charge in [-0.1, -0.05) is 29.3 Å². The molecule has 0 atom stereocenters. The van der Waals surface area contributed by atoms with Crippen LogP contribution < -0.4 is 10.2 Å².